The van der Waals surface area contributed by atoms with E-state index in [0.29, 0.717) is 0 Å². The van der Waals surface area contributed by atoms with Crippen molar-refractivity contribution in [1.29, 1.82) is 0 Å². The first kappa shape index (κ1) is 12.4. The summed E-state index contributed by atoms with van der Waals surface area (Å²) >= 11 is 0. The summed E-state index contributed by atoms with van der Waals surface area (Å²) in [6.45, 7) is 4.67. The molecule has 0 saturated heterocycles. The zero-order valence-corrected chi connectivity index (χ0v) is 11.2. The summed E-state index contributed by atoms with van der Waals surface area (Å²) < 4.78 is 0. The Balaban J connectivity index is 1.84. The lowest BCUT2D eigenvalue weighted by Crippen LogP contribution is -2.45. The Morgan fingerprint density at radius 3 is 2.62 bits per heavy atom. The lowest BCUT2D eigenvalue weighted by atomic mass is 9.70. The van der Waals surface area contributed by atoms with Gasteiger partial charge in [-0.15, -0.1) is 0 Å². The summed E-state index contributed by atoms with van der Waals surface area (Å²) in [5, 5.41) is 0. The molecule has 0 heterocycles. The topological polar surface area (TPSA) is 26.0 Å². The number of rotatable bonds is 5. The summed E-state index contributed by atoms with van der Waals surface area (Å²) in [6, 6.07) is 0. The van der Waals surface area contributed by atoms with Crippen LogP contribution in [-0.4, -0.2) is 5.54 Å². The molecule has 3 atom stereocenters. The molecule has 2 aliphatic carbocycles. The molecule has 1 nitrogen and oxygen atoms in total. The average molecular weight is 223 g/mol. The van der Waals surface area contributed by atoms with Gasteiger partial charge in [0.25, 0.3) is 0 Å². The van der Waals surface area contributed by atoms with Gasteiger partial charge in [0.1, 0.15) is 0 Å². The van der Waals surface area contributed by atoms with Crippen LogP contribution in [0.3, 0.4) is 0 Å². The fourth-order valence-electron chi connectivity index (χ4n) is 3.89. The van der Waals surface area contributed by atoms with Crippen molar-refractivity contribution in [3.63, 3.8) is 0 Å². The molecule has 2 N–H and O–H groups in total. The Morgan fingerprint density at radius 1 is 1.25 bits per heavy atom. The van der Waals surface area contributed by atoms with Crippen LogP contribution in [0.4, 0.5) is 0 Å². The highest BCUT2D eigenvalue weighted by Crippen LogP contribution is 2.47. The van der Waals surface area contributed by atoms with E-state index in [1.807, 2.05) is 0 Å². The number of hydrogen-bond acceptors (Lipinski definition) is 1. The summed E-state index contributed by atoms with van der Waals surface area (Å²) in [4.78, 5) is 0. The summed E-state index contributed by atoms with van der Waals surface area (Å²) in [5.74, 6) is 2.87. The fourth-order valence-corrected chi connectivity index (χ4v) is 3.89. The zero-order valence-electron chi connectivity index (χ0n) is 11.2. The van der Waals surface area contributed by atoms with Crippen LogP contribution in [0.15, 0.2) is 0 Å². The molecule has 0 aliphatic heterocycles. The van der Waals surface area contributed by atoms with Crippen LogP contribution in [0, 0.1) is 17.8 Å². The van der Waals surface area contributed by atoms with Gasteiger partial charge in [-0.1, -0.05) is 39.5 Å². The summed E-state index contributed by atoms with van der Waals surface area (Å²) in [6.07, 6.45) is 12.4. The van der Waals surface area contributed by atoms with E-state index in [1.54, 1.807) is 0 Å². The van der Waals surface area contributed by atoms with Crippen LogP contribution in [0.2, 0.25) is 0 Å². The minimum absolute atomic E-state index is 0.195. The maximum absolute atomic E-state index is 6.65. The molecule has 2 fully saturated rings. The SMILES string of the molecule is CCCC(C)CC1(N)CCCC(C2CC2)C1. The van der Waals surface area contributed by atoms with Crippen molar-refractivity contribution < 1.29 is 0 Å². The van der Waals surface area contributed by atoms with Gasteiger partial charge in [0.05, 0.1) is 0 Å². The van der Waals surface area contributed by atoms with Crippen LogP contribution in [0.5, 0.6) is 0 Å². The summed E-state index contributed by atoms with van der Waals surface area (Å²) in [7, 11) is 0. The van der Waals surface area contributed by atoms with Gasteiger partial charge in [0.15, 0.2) is 0 Å². The predicted octanol–water partition coefficient (Wildman–Crippen LogP) is 4.11. The lowest BCUT2D eigenvalue weighted by Gasteiger charge is -2.40. The molecule has 16 heavy (non-hydrogen) atoms. The van der Waals surface area contributed by atoms with Gasteiger partial charge < -0.3 is 5.73 Å². The molecule has 0 aromatic rings. The van der Waals surface area contributed by atoms with Gasteiger partial charge in [-0.2, -0.15) is 0 Å². The van der Waals surface area contributed by atoms with Crippen LogP contribution < -0.4 is 5.73 Å². The third-order valence-corrected chi connectivity index (χ3v) is 4.74. The second-order valence-corrected chi connectivity index (χ2v) is 6.65. The average Bonchev–Trinajstić information content (AvgIpc) is 2.99. The molecule has 94 valence electrons. The third kappa shape index (κ3) is 3.23. The van der Waals surface area contributed by atoms with Gasteiger partial charge in [-0.3, -0.25) is 0 Å². The first-order valence-corrected chi connectivity index (χ1v) is 7.42. The van der Waals surface area contributed by atoms with Gasteiger partial charge in [-0.05, 0) is 49.9 Å². The highest BCUT2D eigenvalue weighted by molar-refractivity contribution is 4.96. The molecule has 0 radical (unpaired) electrons. The van der Waals surface area contributed by atoms with E-state index in [9.17, 15) is 0 Å². The van der Waals surface area contributed by atoms with Crippen LogP contribution in [0.1, 0.15) is 71.6 Å². The highest BCUT2D eigenvalue weighted by atomic mass is 14.8. The second kappa shape index (κ2) is 5.08. The minimum atomic E-state index is 0.195. The zero-order chi connectivity index (χ0) is 11.6. The Bertz CT molecular complexity index is 221. The largest absolute Gasteiger partial charge is 0.325 e. The van der Waals surface area contributed by atoms with Gasteiger partial charge in [0.2, 0.25) is 0 Å². The lowest BCUT2D eigenvalue weighted by molar-refractivity contribution is 0.173. The smallest absolute Gasteiger partial charge is 0.0159 e. The fraction of sp³-hybridized carbons (Fsp3) is 1.00. The molecular formula is C15H29N. The van der Waals surface area contributed by atoms with E-state index >= 15 is 0 Å². The maximum atomic E-state index is 6.65. The summed E-state index contributed by atoms with van der Waals surface area (Å²) in [5.41, 5.74) is 6.84. The van der Waals surface area contributed by atoms with Crippen molar-refractivity contribution in [2.45, 2.75) is 77.2 Å². The Labute approximate surface area is 101 Å². The molecule has 0 amide bonds. The van der Waals surface area contributed by atoms with Crippen molar-refractivity contribution in [1.82, 2.24) is 0 Å². The highest BCUT2D eigenvalue weighted by Gasteiger charge is 2.40. The van der Waals surface area contributed by atoms with Crippen molar-refractivity contribution in [3.8, 4) is 0 Å². The normalized spacial score (nSPS) is 37.3. The monoisotopic (exact) mass is 223 g/mol. The molecule has 2 aliphatic rings. The van der Waals surface area contributed by atoms with Crippen molar-refractivity contribution in [2.24, 2.45) is 23.5 Å². The van der Waals surface area contributed by atoms with E-state index in [2.05, 4.69) is 13.8 Å². The number of nitrogens with two attached hydrogens (primary N) is 1. The Hall–Kier alpha value is -0.0400. The molecule has 2 saturated carbocycles. The quantitative estimate of drug-likeness (QED) is 0.745. The minimum Gasteiger partial charge on any atom is -0.325 e. The number of hydrogen-bond donors (Lipinski definition) is 1. The molecule has 1 heteroatoms. The molecule has 0 spiro atoms. The Morgan fingerprint density at radius 2 is 2.00 bits per heavy atom. The molecule has 0 aromatic heterocycles. The van der Waals surface area contributed by atoms with E-state index in [4.69, 9.17) is 5.73 Å². The van der Waals surface area contributed by atoms with Crippen LogP contribution >= 0.6 is 0 Å². The van der Waals surface area contributed by atoms with E-state index in [0.717, 1.165) is 17.8 Å². The molecule has 2 rings (SSSR count). The first-order valence-electron chi connectivity index (χ1n) is 7.42. The first-order chi connectivity index (χ1) is 7.63. The van der Waals surface area contributed by atoms with Crippen molar-refractivity contribution in [3.05, 3.63) is 0 Å². The van der Waals surface area contributed by atoms with E-state index < -0.39 is 0 Å². The maximum Gasteiger partial charge on any atom is 0.0159 e. The third-order valence-electron chi connectivity index (χ3n) is 4.74. The van der Waals surface area contributed by atoms with Crippen LogP contribution in [-0.2, 0) is 0 Å². The van der Waals surface area contributed by atoms with Crippen molar-refractivity contribution in [2.75, 3.05) is 0 Å². The van der Waals surface area contributed by atoms with Crippen molar-refractivity contribution >= 4 is 0 Å². The standard InChI is InChI=1S/C15H29N/c1-3-5-12(2)10-15(16)9-4-6-14(11-15)13-7-8-13/h12-14H,3-11,16H2,1-2H3. The molecule has 0 bridgehead atoms. The van der Waals surface area contributed by atoms with E-state index in [-0.39, 0.29) is 5.54 Å². The van der Waals surface area contributed by atoms with Gasteiger partial charge in [0, 0.05) is 5.54 Å². The van der Waals surface area contributed by atoms with Gasteiger partial charge in [-0.25, -0.2) is 0 Å². The van der Waals surface area contributed by atoms with Crippen LogP contribution in [0.25, 0.3) is 0 Å². The molecular weight excluding hydrogens is 194 g/mol. The molecule has 3 unspecified atom stereocenters. The Kier molecular flexibility index (Phi) is 3.94. The predicted molar refractivity (Wildman–Crippen MR) is 70.3 cm³/mol. The molecule has 0 aromatic carbocycles. The van der Waals surface area contributed by atoms with E-state index in [1.165, 1.54) is 57.8 Å². The van der Waals surface area contributed by atoms with Gasteiger partial charge >= 0.3 is 0 Å². The second-order valence-electron chi connectivity index (χ2n) is 6.65.